The molecule has 2 atom stereocenters. The maximum Gasteiger partial charge on any atom is 0.253 e. The summed E-state index contributed by atoms with van der Waals surface area (Å²) < 4.78 is 0. The van der Waals surface area contributed by atoms with Crippen LogP contribution in [0.2, 0.25) is 0 Å². The van der Waals surface area contributed by atoms with Crippen LogP contribution in [-0.2, 0) is 4.79 Å². The van der Waals surface area contributed by atoms with Crippen molar-refractivity contribution in [1.29, 1.82) is 0 Å². The van der Waals surface area contributed by atoms with Gasteiger partial charge in [-0.1, -0.05) is 0 Å². The van der Waals surface area contributed by atoms with Gasteiger partial charge >= 0.3 is 0 Å². The summed E-state index contributed by atoms with van der Waals surface area (Å²) in [6.07, 6.45) is 8.46. The lowest BCUT2D eigenvalue weighted by Crippen LogP contribution is -2.50. The van der Waals surface area contributed by atoms with Gasteiger partial charge < -0.3 is 9.80 Å². The fourth-order valence-electron chi connectivity index (χ4n) is 3.70. The SMILES string of the molecule is CC1CCCCN1C(=O)C1CCCN(C(=O)c2ccncc2)C1. The first-order valence-corrected chi connectivity index (χ1v) is 8.66. The predicted molar refractivity (Wildman–Crippen MR) is 87.9 cm³/mol. The molecule has 124 valence electrons. The van der Waals surface area contributed by atoms with Crippen molar-refractivity contribution >= 4 is 11.8 Å². The molecule has 3 heterocycles. The number of likely N-dealkylation sites (tertiary alicyclic amines) is 2. The second-order valence-electron chi connectivity index (χ2n) is 6.70. The Morgan fingerprint density at radius 1 is 1.09 bits per heavy atom. The Kier molecular flexibility index (Phi) is 4.94. The van der Waals surface area contributed by atoms with Crippen LogP contribution in [0.4, 0.5) is 0 Å². The van der Waals surface area contributed by atoms with E-state index in [2.05, 4.69) is 11.9 Å². The van der Waals surface area contributed by atoms with E-state index in [0.29, 0.717) is 18.2 Å². The third-order valence-electron chi connectivity index (χ3n) is 5.07. The van der Waals surface area contributed by atoms with Crippen LogP contribution in [0.25, 0.3) is 0 Å². The zero-order valence-electron chi connectivity index (χ0n) is 13.8. The van der Waals surface area contributed by atoms with Gasteiger partial charge in [0.15, 0.2) is 0 Å². The van der Waals surface area contributed by atoms with Gasteiger partial charge in [-0.2, -0.15) is 0 Å². The van der Waals surface area contributed by atoms with Crippen LogP contribution in [0.1, 0.15) is 49.4 Å². The highest BCUT2D eigenvalue weighted by Crippen LogP contribution is 2.24. The molecule has 5 heteroatoms. The number of amides is 2. The van der Waals surface area contributed by atoms with E-state index in [1.807, 2.05) is 9.80 Å². The van der Waals surface area contributed by atoms with Crippen molar-refractivity contribution in [2.24, 2.45) is 5.92 Å². The Morgan fingerprint density at radius 2 is 1.87 bits per heavy atom. The normalized spacial score (nSPS) is 25.3. The molecule has 2 saturated heterocycles. The molecule has 0 N–H and O–H groups in total. The summed E-state index contributed by atoms with van der Waals surface area (Å²) in [5, 5.41) is 0. The van der Waals surface area contributed by atoms with E-state index in [9.17, 15) is 9.59 Å². The van der Waals surface area contributed by atoms with Crippen molar-refractivity contribution in [2.75, 3.05) is 19.6 Å². The summed E-state index contributed by atoms with van der Waals surface area (Å²) in [6.45, 7) is 4.29. The summed E-state index contributed by atoms with van der Waals surface area (Å²) in [5.41, 5.74) is 0.652. The molecule has 0 radical (unpaired) electrons. The van der Waals surface area contributed by atoms with Crippen LogP contribution in [0.15, 0.2) is 24.5 Å². The third kappa shape index (κ3) is 3.54. The maximum absolute atomic E-state index is 12.8. The van der Waals surface area contributed by atoms with Crippen molar-refractivity contribution in [1.82, 2.24) is 14.8 Å². The number of rotatable bonds is 2. The first-order chi connectivity index (χ1) is 11.2. The van der Waals surface area contributed by atoms with Gasteiger partial charge in [-0.15, -0.1) is 0 Å². The molecule has 2 amide bonds. The first kappa shape index (κ1) is 16.0. The zero-order valence-corrected chi connectivity index (χ0v) is 13.8. The average molecular weight is 315 g/mol. The van der Waals surface area contributed by atoms with Crippen LogP contribution >= 0.6 is 0 Å². The van der Waals surface area contributed by atoms with Crippen LogP contribution in [-0.4, -0.2) is 52.3 Å². The number of pyridine rings is 1. The van der Waals surface area contributed by atoms with Gasteiger partial charge in [0.25, 0.3) is 5.91 Å². The molecule has 0 bridgehead atoms. The van der Waals surface area contributed by atoms with E-state index in [0.717, 1.165) is 38.8 Å². The molecular weight excluding hydrogens is 290 g/mol. The third-order valence-corrected chi connectivity index (χ3v) is 5.07. The predicted octanol–water partition coefficient (Wildman–Crippen LogP) is 2.33. The van der Waals surface area contributed by atoms with Crippen LogP contribution in [0, 0.1) is 5.92 Å². The molecule has 2 aliphatic rings. The van der Waals surface area contributed by atoms with Gasteiger partial charge in [0.2, 0.25) is 5.91 Å². The molecule has 5 nitrogen and oxygen atoms in total. The molecule has 1 aromatic rings. The van der Waals surface area contributed by atoms with Gasteiger partial charge in [0.1, 0.15) is 0 Å². The van der Waals surface area contributed by atoms with Crippen molar-refractivity contribution < 1.29 is 9.59 Å². The van der Waals surface area contributed by atoms with Crippen LogP contribution in [0.5, 0.6) is 0 Å². The van der Waals surface area contributed by atoms with Crippen molar-refractivity contribution in [3.05, 3.63) is 30.1 Å². The second-order valence-corrected chi connectivity index (χ2v) is 6.70. The molecule has 2 unspecified atom stereocenters. The molecule has 0 aliphatic carbocycles. The highest BCUT2D eigenvalue weighted by atomic mass is 16.2. The Labute approximate surface area is 137 Å². The maximum atomic E-state index is 12.8. The Morgan fingerprint density at radius 3 is 2.61 bits per heavy atom. The van der Waals surface area contributed by atoms with E-state index in [1.165, 1.54) is 6.42 Å². The lowest BCUT2D eigenvalue weighted by molar-refractivity contribution is -0.140. The van der Waals surface area contributed by atoms with Crippen molar-refractivity contribution in [3.63, 3.8) is 0 Å². The lowest BCUT2D eigenvalue weighted by Gasteiger charge is -2.39. The summed E-state index contributed by atoms with van der Waals surface area (Å²) >= 11 is 0. The molecule has 3 rings (SSSR count). The zero-order chi connectivity index (χ0) is 16.2. The Balaban J connectivity index is 1.66. The fraction of sp³-hybridized carbons (Fsp3) is 0.611. The molecule has 23 heavy (non-hydrogen) atoms. The smallest absolute Gasteiger partial charge is 0.253 e. The number of piperidine rings is 2. The summed E-state index contributed by atoms with van der Waals surface area (Å²) in [7, 11) is 0. The number of aromatic nitrogens is 1. The minimum absolute atomic E-state index is 0.0107. The lowest BCUT2D eigenvalue weighted by atomic mass is 9.93. The minimum atomic E-state index is -0.0462. The van der Waals surface area contributed by atoms with Gasteiger partial charge in [-0.05, 0) is 51.2 Å². The molecule has 0 saturated carbocycles. The average Bonchev–Trinajstić information content (AvgIpc) is 2.62. The topological polar surface area (TPSA) is 53.5 Å². The van der Waals surface area contributed by atoms with E-state index in [4.69, 9.17) is 0 Å². The van der Waals surface area contributed by atoms with E-state index >= 15 is 0 Å². The summed E-state index contributed by atoms with van der Waals surface area (Å²) in [4.78, 5) is 33.2. The molecule has 2 fully saturated rings. The van der Waals surface area contributed by atoms with Gasteiger partial charge in [0.05, 0.1) is 5.92 Å². The Hall–Kier alpha value is -1.91. The van der Waals surface area contributed by atoms with Gasteiger partial charge in [0, 0.05) is 43.6 Å². The summed E-state index contributed by atoms with van der Waals surface area (Å²) in [6, 6.07) is 3.81. The standard InChI is InChI=1S/C18H25N3O2/c1-14-5-2-3-12-21(14)18(23)16-6-4-11-20(13-16)17(22)15-7-9-19-10-8-15/h7-10,14,16H,2-6,11-13H2,1H3. The van der Waals surface area contributed by atoms with Gasteiger partial charge in [-0.25, -0.2) is 0 Å². The number of hydrogen-bond donors (Lipinski definition) is 0. The second kappa shape index (κ2) is 7.11. The van der Waals surface area contributed by atoms with Crippen molar-refractivity contribution in [2.45, 2.75) is 45.1 Å². The molecule has 2 aliphatic heterocycles. The summed E-state index contributed by atoms with van der Waals surface area (Å²) in [5.74, 6) is 0.205. The van der Waals surface area contributed by atoms with Crippen LogP contribution < -0.4 is 0 Å². The monoisotopic (exact) mass is 315 g/mol. The molecular formula is C18H25N3O2. The van der Waals surface area contributed by atoms with Gasteiger partial charge in [-0.3, -0.25) is 14.6 Å². The minimum Gasteiger partial charge on any atom is -0.340 e. The fourth-order valence-corrected chi connectivity index (χ4v) is 3.70. The molecule has 1 aromatic heterocycles. The van der Waals surface area contributed by atoms with E-state index in [1.54, 1.807) is 24.5 Å². The van der Waals surface area contributed by atoms with E-state index < -0.39 is 0 Å². The molecule has 0 aromatic carbocycles. The first-order valence-electron chi connectivity index (χ1n) is 8.66. The van der Waals surface area contributed by atoms with Crippen LogP contribution in [0.3, 0.4) is 0 Å². The molecule has 0 spiro atoms. The van der Waals surface area contributed by atoms with Crippen molar-refractivity contribution in [3.8, 4) is 0 Å². The number of nitrogens with zero attached hydrogens (tertiary/aromatic N) is 3. The highest BCUT2D eigenvalue weighted by Gasteiger charge is 2.33. The highest BCUT2D eigenvalue weighted by molar-refractivity contribution is 5.94. The number of hydrogen-bond acceptors (Lipinski definition) is 3. The number of carbonyl (C=O) groups excluding carboxylic acids is 2. The quantitative estimate of drug-likeness (QED) is 0.842. The Bertz CT molecular complexity index is 561. The van der Waals surface area contributed by atoms with E-state index in [-0.39, 0.29) is 17.7 Å². The number of carbonyl (C=O) groups is 2. The largest absolute Gasteiger partial charge is 0.340 e.